The van der Waals surface area contributed by atoms with Gasteiger partial charge in [-0.05, 0) is 116 Å². The fraction of sp³-hybridized carbons (Fsp3) is 0.679. The molecule has 6 heteroatoms. The van der Waals surface area contributed by atoms with Gasteiger partial charge < -0.3 is 14.2 Å². The number of unbranched alkanes of at least 4 members (excludes halogenated alkanes) is 17. The van der Waals surface area contributed by atoms with Crippen LogP contribution in [0.25, 0.3) is 0 Å². The van der Waals surface area contributed by atoms with E-state index in [1.165, 1.54) is 77.0 Å². The highest BCUT2D eigenvalue weighted by Gasteiger charge is 2.19. The lowest BCUT2D eigenvalue weighted by molar-refractivity contribution is -0.167. The summed E-state index contributed by atoms with van der Waals surface area (Å²) >= 11 is 0. The van der Waals surface area contributed by atoms with E-state index < -0.39 is 6.10 Å². The molecule has 336 valence electrons. The lowest BCUT2D eigenvalue weighted by Gasteiger charge is -2.18. The molecule has 6 nitrogen and oxygen atoms in total. The van der Waals surface area contributed by atoms with Crippen molar-refractivity contribution in [3.8, 4) is 0 Å². The van der Waals surface area contributed by atoms with Gasteiger partial charge in [0.1, 0.15) is 13.2 Å². The molecule has 0 heterocycles. The van der Waals surface area contributed by atoms with Crippen LogP contribution in [0.4, 0.5) is 0 Å². The first-order valence-corrected chi connectivity index (χ1v) is 24.1. The first-order valence-electron chi connectivity index (χ1n) is 24.1. The summed E-state index contributed by atoms with van der Waals surface area (Å²) in [5, 5.41) is 0. The zero-order valence-electron chi connectivity index (χ0n) is 38.2. The van der Waals surface area contributed by atoms with Gasteiger partial charge in [-0.2, -0.15) is 0 Å². The standard InChI is InChI=1S/C53H88O6/c1-4-7-10-13-16-19-22-24-26-28-31-34-37-40-43-46-52(55)58-49-50(48-57-51(54)45-42-39-36-33-30-21-18-15-12-9-6-3)59-53(56)47-44-41-38-35-32-29-27-25-23-20-17-14-11-8-5-2/h15-20,24-27,31-32,34-35,50H,4-14,21-23,28-30,33,36-49H2,1-3H3/b18-15-,19-16-,20-17-,26-24-,27-25-,34-31-,35-32-/t50-/m1/s1. The quantitative estimate of drug-likeness (QED) is 0.0264. The average Bonchev–Trinajstić information content (AvgIpc) is 3.23. The minimum atomic E-state index is -0.814. The van der Waals surface area contributed by atoms with Crippen molar-refractivity contribution in [3.05, 3.63) is 85.1 Å². The zero-order valence-corrected chi connectivity index (χ0v) is 38.2. The summed E-state index contributed by atoms with van der Waals surface area (Å²) in [4.78, 5) is 37.8. The van der Waals surface area contributed by atoms with Crippen LogP contribution < -0.4 is 0 Å². The summed E-state index contributed by atoms with van der Waals surface area (Å²) < 4.78 is 16.7. The molecule has 0 N–H and O–H groups in total. The second-order valence-electron chi connectivity index (χ2n) is 15.7. The minimum Gasteiger partial charge on any atom is -0.462 e. The lowest BCUT2D eigenvalue weighted by atomic mass is 10.1. The van der Waals surface area contributed by atoms with E-state index in [9.17, 15) is 14.4 Å². The van der Waals surface area contributed by atoms with Crippen LogP contribution in [0.5, 0.6) is 0 Å². The van der Waals surface area contributed by atoms with E-state index in [0.29, 0.717) is 19.3 Å². The van der Waals surface area contributed by atoms with Gasteiger partial charge >= 0.3 is 17.9 Å². The Balaban J connectivity index is 4.53. The van der Waals surface area contributed by atoms with Gasteiger partial charge in [0.15, 0.2) is 6.10 Å². The molecular weight excluding hydrogens is 733 g/mol. The maximum atomic E-state index is 12.7. The number of carbonyl (C=O) groups excluding carboxylic acids is 3. The second kappa shape index (κ2) is 47.3. The van der Waals surface area contributed by atoms with Gasteiger partial charge in [-0.25, -0.2) is 0 Å². The van der Waals surface area contributed by atoms with E-state index in [-0.39, 0.29) is 37.5 Å². The number of esters is 3. The molecule has 1 atom stereocenters. The third kappa shape index (κ3) is 45.5. The molecule has 0 bridgehead atoms. The Bertz CT molecular complexity index is 1170. The molecule has 0 rings (SSSR count). The van der Waals surface area contributed by atoms with Crippen molar-refractivity contribution in [2.24, 2.45) is 0 Å². The van der Waals surface area contributed by atoms with Crippen molar-refractivity contribution in [2.75, 3.05) is 13.2 Å². The van der Waals surface area contributed by atoms with Gasteiger partial charge in [-0.1, -0.05) is 164 Å². The zero-order chi connectivity index (χ0) is 43.0. The Morgan fingerprint density at radius 2 is 0.627 bits per heavy atom. The largest absolute Gasteiger partial charge is 0.462 e. The Kier molecular flexibility index (Phi) is 44.5. The highest BCUT2D eigenvalue weighted by molar-refractivity contribution is 5.71. The molecule has 59 heavy (non-hydrogen) atoms. The molecule has 0 saturated carbocycles. The fourth-order valence-electron chi connectivity index (χ4n) is 6.14. The van der Waals surface area contributed by atoms with Crippen LogP contribution >= 0.6 is 0 Å². The number of ether oxygens (including phenoxy) is 3. The Labute approximate surface area is 363 Å². The van der Waals surface area contributed by atoms with Crippen LogP contribution in [0.2, 0.25) is 0 Å². The molecule has 0 aromatic rings. The number of rotatable bonds is 42. The van der Waals surface area contributed by atoms with E-state index >= 15 is 0 Å². The normalized spacial score (nSPS) is 12.8. The summed E-state index contributed by atoms with van der Waals surface area (Å²) in [7, 11) is 0. The molecule has 0 aliphatic heterocycles. The molecule has 0 aliphatic rings. The van der Waals surface area contributed by atoms with Crippen molar-refractivity contribution in [2.45, 2.75) is 219 Å². The third-order valence-corrected chi connectivity index (χ3v) is 9.84. The van der Waals surface area contributed by atoms with Gasteiger partial charge in [-0.3, -0.25) is 14.4 Å². The molecule has 0 spiro atoms. The first kappa shape index (κ1) is 55.6. The van der Waals surface area contributed by atoms with Gasteiger partial charge in [-0.15, -0.1) is 0 Å². The molecule has 0 unspecified atom stereocenters. The summed E-state index contributed by atoms with van der Waals surface area (Å²) in [6.07, 6.45) is 59.9. The number of hydrogen-bond donors (Lipinski definition) is 0. The van der Waals surface area contributed by atoms with Gasteiger partial charge in [0, 0.05) is 19.3 Å². The van der Waals surface area contributed by atoms with Crippen molar-refractivity contribution in [1.29, 1.82) is 0 Å². The molecule has 0 fully saturated rings. The summed E-state index contributed by atoms with van der Waals surface area (Å²) in [5.41, 5.74) is 0. The predicted octanol–water partition coefficient (Wildman–Crippen LogP) is 15.6. The maximum Gasteiger partial charge on any atom is 0.306 e. The van der Waals surface area contributed by atoms with E-state index in [2.05, 4.69) is 106 Å². The van der Waals surface area contributed by atoms with Crippen molar-refractivity contribution >= 4 is 17.9 Å². The fourth-order valence-corrected chi connectivity index (χ4v) is 6.14. The summed E-state index contributed by atoms with van der Waals surface area (Å²) in [6, 6.07) is 0. The number of allylic oxidation sites excluding steroid dienone is 14. The third-order valence-electron chi connectivity index (χ3n) is 9.84. The van der Waals surface area contributed by atoms with Crippen LogP contribution in [0.15, 0.2) is 85.1 Å². The monoisotopic (exact) mass is 821 g/mol. The Morgan fingerprint density at radius 3 is 1.05 bits per heavy atom. The molecule has 0 aromatic heterocycles. The van der Waals surface area contributed by atoms with Gasteiger partial charge in [0.2, 0.25) is 0 Å². The van der Waals surface area contributed by atoms with Crippen LogP contribution in [-0.4, -0.2) is 37.2 Å². The van der Waals surface area contributed by atoms with Gasteiger partial charge in [0.25, 0.3) is 0 Å². The highest BCUT2D eigenvalue weighted by atomic mass is 16.6. The smallest absolute Gasteiger partial charge is 0.306 e. The van der Waals surface area contributed by atoms with E-state index in [1.54, 1.807) is 0 Å². The van der Waals surface area contributed by atoms with Gasteiger partial charge in [0.05, 0.1) is 0 Å². The molecule has 0 saturated heterocycles. The van der Waals surface area contributed by atoms with Crippen molar-refractivity contribution in [1.82, 2.24) is 0 Å². The SMILES string of the molecule is CCCC/C=C\CCCCCCCC(=O)OC[C@H](COC(=O)CCCC/C=C\C/C=C\C/C=C\CCCCC)OC(=O)CCCC/C=C\C/C=C\C/C=C\CCCCC. The topological polar surface area (TPSA) is 78.9 Å². The predicted molar refractivity (Wildman–Crippen MR) is 251 cm³/mol. The van der Waals surface area contributed by atoms with Crippen LogP contribution in [0.1, 0.15) is 213 Å². The van der Waals surface area contributed by atoms with Crippen LogP contribution in [0.3, 0.4) is 0 Å². The molecule has 0 aliphatic carbocycles. The van der Waals surface area contributed by atoms with Crippen LogP contribution in [-0.2, 0) is 28.6 Å². The number of hydrogen-bond acceptors (Lipinski definition) is 6. The molecule has 0 aromatic carbocycles. The molecule has 0 amide bonds. The molecule has 0 radical (unpaired) electrons. The highest BCUT2D eigenvalue weighted by Crippen LogP contribution is 2.11. The first-order chi connectivity index (χ1) is 29.0. The van der Waals surface area contributed by atoms with Crippen LogP contribution in [0, 0.1) is 0 Å². The Hall–Kier alpha value is -3.41. The summed E-state index contributed by atoms with van der Waals surface area (Å²) in [5.74, 6) is -1.00. The van der Waals surface area contributed by atoms with Crippen molar-refractivity contribution in [3.63, 3.8) is 0 Å². The summed E-state index contributed by atoms with van der Waals surface area (Å²) in [6.45, 7) is 6.45. The Morgan fingerprint density at radius 1 is 0.339 bits per heavy atom. The van der Waals surface area contributed by atoms with E-state index in [4.69, 9.17) is 14.2 Å². The van der Waals surface area contributed by atoms with E-state index in [1.807, 2.05) is 0 Å². The maximum absolute atomic E-state index is 12.7. The minimum absolute atomic E-state index is 0.110. The van der Waals surface area contributed by atoms with E-state index in [0.717, 1.165) is 89.9 Å². The average molecular weight is 821 g/mol. The van der Waals surface area contributed by atoms with Crippen molar-refractivity contribution < 1.29 is 28.6 Å². The second-order valence-corrected chi connectivity index (χ2v) is 15.7. The lowest BCUT2D eigenvalue weighted by Crippen LogP contribution is -2.30. The number of carbonyl (C=O) groups is 3. The molecular formula is C53H88O6.